The summed E-state index contributed by atoms with van der Waals surface area (Å²) in [6, 6.07) is 17.9. The lowest BCUT2D eigenvalue weighted by Gasteiger charge is -2.33. The van der Waals surface area contributed by atoms with Crippen molar-refractivity contribution in [1.29, 1.82) is 0 Å². The van der Waals surface area contributed by atoms with Crippen molar-refractivity contribution in [3.05, 3.63) is 76.8 Å². The Bertz CT molecular complexity index is 785. The molecule has 28 heavy (non-hydrogen) atoms. The second-order valence-electron chi connectivity index (χ2n) is 7.23. The Morgan fingerprint density at radius 3 is 2.50 bits per heavy atom. The van der Waals surface area contributed by atoms with E-state index in [0.717, 1.165) is 38.3 Å². The van der Waals surface area contributed by atoms with Gasteiger partial charge < -0.3 is 5.32 Å². The van der Waals surface area contributed by atoms with Crippen molar-refractivity contribution < 1.29 is 4.79 Å². The lowest BCUT2D eigenvalue weighted by Crippen LogP contribution is -2.49. The first-order valence-electron chi connectivity index (χ1n) is 9.81. The predicted molar refractivity (Wildman–Crippen MR) is 116 cm³/mol. The van der Waals surface area contributed by atoms with E-state index >= 15 is 0 Å². The Hall–Kier alpha value is -2.14. The van der Waals surface area contributed by atoms with Crippen LogP contribution in [-0.4, -0.2) is 55.0 Å². The average Bonchev–Trinajstić information content (AvgIpc) is 2.70. The summed E-state index contributed by atoms with van der Waals surface area (Å²) in [7, 11) is 0. The number of halogens is 1. The molecular formula is C23H28ClN3O. The fourth-order valence-electron chi connectivity index (χ4n) is 3.38. The molecule has 0 aliphatic carbocycles. The Labute approximate surface area is 172 Å². The number of carbonyl (C=O) groups is 1. The van der Waals surface area contributed by atoms with E-state index in [1.54, 1.807) is 0 Å². The van der Waals surface area contributed by atoms with E-state index in [9.17, 15) is 4.79 Å². The second-order valence-corrected chi connectivity index (χ2v) is 7.67. The first-order valence-corrected chi connectivity index (χ1v) is 10.2. The Balaban J connectivity index is 1.38. The maximum atomic E-state index is 12.4. The number of amides is 1. The standard InChI is InChI=1S/C23H28ClN3O/c1-19(21-10-5-11-22(24)17-21)25-23(28)18-27-15-13-26(14-16-27)12-6-9-20-7-3-2-4-8-20/h2-11,17,19H,12-16,18H2,1H3,(H,25,28)/b9-6+/t19-/m0/s1. The quantitative estimate of drug-likeness (QED) is 0.770. The zero-order valence-electron chi connectivity index (χ0n) is 16.4. The minimum Gasteiger partial charge on any atom is -0.348 e. The smallest absolute Gasteiger partial charge is 0.234 e. The number of hydrogen-bond donors (Lipinski definition) is 1. The van der Waals surface area contributed by atoms with Crippen LogP contribution in [0.1, 0.15) is 24.1 Å². The highest BCUT2D eigenvalue weighted by Gasteiger charge is 2.19. The molecule has 3 rings (SSSR count). The monoisotopic (exact) mass is 397 g/mol. The van der Waals surface area contributed by atoms with E-state index in [-0.39, 0.29) is 11.9 Å². The molecule has 148 valence electrons. The lowest BCUT2D eigenvalue weighted by atomic mass is 10.1. The first-order chi connectivity index (χ1) is 13.6. The van der Waals surface area contributed by atoms with Crippen LogP contribution in [0.15, 0.2) is 60.7 Å². The van der Waals surface area contributed by atoms with Crippen LogP contribution in [0.4, 0.5) is 0 Å². The topological polar surface area (TPSA) is 35.6 Å². The van der Waals surface area contributed by atoms with Gasteiger partial charge in [0.15, 0.2) is 0 Å². The third kappa shape index (κ3) is 6.48. The van der Waals surface area contributed by atoms with Gasteiger partial charge in [-0.05, 0) is 30.2 Å². The first kappa shape index (κ1) is 20.6. The van der Waals surface area contributed by atoms with Crippen molar-refractivity contribution in [3.63, 3.8) is 0 Å². The minimum atomic E-state index is -0.0457. The lowest BCUT2D eigenvalue weighted by molar-refractivity contribution is -0.123. The summed E-state index contributed by atoms with van der Waals surface area (Å²) < 4.78 is 0. The van der Waals surface area contributed by atoms with Crippen LogP contribution in [0.5, 0.6) is 0 Å². The van der Waals surface area contributed by atoms with Crippen molar-refractivity contribution in [2.24, 2.45) is 0 Å². The normalized spacial score (nSPS) is 16.9. The van der Waals surface area contributed by atoms with E-state index in [2.05, 4.69) is 51.5 Å². The SMILES string of the molecule is C[C@H](NC(=O)CN1CCN(C/C=C/c2ccccc2)CC1)c1cccc(Cl)c1. The zero-order chi connectivity index (χ0) is 19.8. The fourth-order valence-corrected chi connectivity index (χ4v) is 3.58. The Morgan fingerprint density at radius 2 is 1.79 bits per heavy atom. The molecule has 5 heteroatoms. The molecule has 1 aliphatic heterocycles. The molecule has 1 amide bonds. The Kier molecular flexibility index (Phi) is 7.66. The van der Waals surface area contributed by atoms with Gasteiger partial charge in [0.1, 0.15) is 0 Å². The van der Waals surface area contributed by atoms with Gasteiger partial charge in [-0.1, -0.05) is 66.2 Å². The summed E-state index contributed by atoms with van der Waals surface area (Å²) in [5.74, 6) is 0.0601. The maximum Gasteiger partial charge on any atom is 0.234 e. The van der Waals surface area contributed by atoms with Crippen molar-refractivity contribution >= 4 is 23.6 Å². The molecule has 2 aromatic rings. The molecule has 1 fully saturated rings. The van der Waals surface area contributed by atoms with Crippen LogP contribution in [0, 0.1) is 0 Å². The van der Waals surface area contributed by atoms with Crippen molar-refractivity contribution in [1.82, 2.24) is 15.1 Å². The van der Waals surface area contributed by atoms with Crippen LogP contribution >= 0.6 is 11.6 Å². The molecule has 0 bridgehead atoms. The summed E-state index contributed by atoms with van der Waals surface area (Å²) in [5.41, 5.74) is 2.25. The summed E-state index contributed by atoms with van der Waals surface area (Å²) in [6.45, 7) is 7.17. The zero-order valence-corrected chi connectivity index (χ0v) is 17.1. The molecule has 1 heterocycles. The van der Waals surface area contributed by atoms with Gasteiger partial charge in [-0.15, -0.1) is 0 Å². The number of benzene rings is 2. The molecule has 0 spiro atoms. The van der Waals surface area contributed by atoms with E-state index in [1.165, 1.54) is 5.56 Å². The molecule has 0 radical (unpaired) electrons. The third-order valence-corrected chi connectivity index (χ3v) is 5.27. The number of rotatable bonds is 7. The number of hydrogen-bond acceptors (Lipinski definition) is 3. The highest BCUT2D eigenvalue weighted by atomic mass is 35.5. The fraction of sp³-hybridized carbons (Fsp3) is 0.348. The average molecular weight is 398 g/mol. The van der Waals surface area contributed by atoms with Gasteiger partial charge in [-0.2, -0.15) is 0 Å². The molecule has 4 nitrogen and oxygen atoms in total. The van der Waals surface area contributed by atoms with Crippen LogP contribution in [-0.2, 0) is 4.79 Å². The van der Waals surface area contributed by atoms with Crippen molar-refractivity contribution in [2.75, 3.05) is 39.3 Å². The van der Waals surface area contributed by atoms with E-state index in [4.69, 9.17) is 11.6 Å². The Morgan fingerprint density at radius 1 is 1.07 bits per heavy atom. The van der Waals surface area contributed by atoms with E-state index in [0.29, 0.717) is 11.6 Å². The summed E-state index contributed by atoms with van der Waals surface area (Å²) in [4.78, 5) is 17.0. The molecule has 1 atom stereocenters. The molecule has 1 aliphatic rings. The minimum absolute atomic E-state index is 0.0457. The van der Waals surface area contributed by atoms with Gasteiger partial charge in [0.2, 0.25) is 5.91 Å². The molecular weight excluding hydrogens is 370 g/mol. The molecule has 1 saturated heterocycles. The molecule has 2 aromatic carbocycles. The maximum absolute atomic E-state index is 12.4. The summed E-state index contributed by atoms with van der Waals surface area (Å²) >= 11 is 6.04. The highest BCUT2D eigenvalue weighted by Crippen LogP contribution is 2.17. The van der Waals surface area contributed by atoms with Gasteiger partial charge in [0, 0.05) is 37.7 Å². The molecule has 1 N–H and O–H groups in total. The van der Waals surface area contributed by atoms with Gasteiger partial charge in [-0.3, -0.25) is 14.6 Å². The number of piperazine rings is 1. The third-order valence-electron chi connectivity index (χ3n) is 5.03. The summed E-state index contributed by atoms with van der Waals surface area (Å²) in [5, 5.41) is 3.76. The van der Waals surface area contributed by atoms with Crippen molar-refractivity contribution in [3.8, 4) is 0 Å². The summed E-state index contributed by atoms with van der Waals surface area (Å²) in [6.07, 6.45) is 4.38. The van der Waals surface area contributed by atoms with Gasteiger partial charge in [0.25, 0.3) is 0 Å². The van der Waals surface area contributed by atoms with Crippen molar-refractivity contribution in [2.45, 2.75) is 13.0 Å². The van der Waals surface area contributed by atoms with Gasteiger partial charge in [0.05, 0.1) is 12.6 Å². The highest BCUT2D eigenvalue weighted by molar-refractivity contribution is 6.30. The van der Waals surface area contributed by atoms with Gasteiger partial charge in [-0.25, -0.2) is 0 Å². The number of carbonyl (C=O) groups excluding carboxylic acids is 1. The second kappa shape index (κ2) is 10.4. The van der Waals surface area contributed by atoms with Crippen LogP contribution in [0.3, 0.4) is 0 Å². The van der Waals surface area contributed by atoms with E-state index in [1.807, 2.05) is 37.3 Å². The van der Waals surface area contributed by atoms with Crippen LogP contribution in [0.2, 0.25) is 5.02 Å². The molecule has 0 unspecified atom stereocenters. The van der Waals surface area contributed by atoms with Crippen LogP contribution < -0.4 is 5.32 Å². The van der Waals surface area contributed by atoms with Crippen LogP contribution in [0.25, 0.3) is 6.08 Å². The largest absolute Gasteiger partial charge is 0.348 e. The molecule has 0 saturated carbocycles. The number of nitrogens with zero attached hydrogens (tertiary/aromatic N) is 2. The number of nitrogens with one attached hydrogen (secondary N) is 1. The van der Waals surface area contributed by atoms with Gasteiger partial charge >= 0.3 is 0 Å². The van der Waals surface area contributed by atoms with E-state index < -0.39 is 0 Å². The molecule has 0 aromatic heterocycles. The predicted octanol–water partition coefficient (Wildman–Crippen LogP) is 3.85.